The van der Waals surface area contributed by atoms with E-state index < -0.39 is 19.7 Å². The van der Waals surface area contributed by atoms with Gasteiger partial charge in [-0.3, -0.25) is 9.05 Å². The molecule has 0 N–H and O–H groups in total. The van der Waals surface area contributed by atoms with E-state index in [0.717, 1.165) is 6.42 Å². The van der Waals surface area contributed by atoms with E-state index >= 15 is 0 Å². The van der Waals surface area contributed by atoms with Crippen molar-refractivity contribution < 1.29 is 26.8 Å². The first kappa shape index (κ1) is 14.2. The third kappa shape index (κ3) is 8.81. The highest BCUT2D eigenvalue weighted by molar-refractivity contribution is 7.81. The first-order chi connectivity index (χ1) is 6.27. The fourth-order valence-electron chi connectivity index (χ4n) is 0.505. The summed E-state index contributed by atoms with van der Waals surface area (Å²) in [6.45, 7) is -3.86. The molecule has 0 radical (unpaired) electrons. The SMILES string of the molecule is CCCCOP(=O)(Cl)OCC(F)(F)F. The van der Waals surface area contributed by atoms with Gasteiger partial charge in [-0.25, -0.2) is 4.57 Å². The van der Waals surface area contributed by atoms with Crippen molar-refractivity contribution in [3.63, 3.8) is 0 Å². The molecule has 86 valence electrons. The molecule has 0 aliphatic heterocycles. The fourth-order valence-corrected chi connectivity index (χ4v) is 1.58. The number of alkyl halides is 3. The monoisotopic (exact) mass is 254 g/mol. The van der Waals surface area contributed by atoms with Gasteiger partial charge in [-0.2, -0.15) is 13.2 Å². The third-order valence-electron chi connectivity index (χ3n) is 1.13. The molecule has 0 saturated heterocycles. The number of hydrogen-bond donors (Lipinski definition) is 0. The summed E-state index contributed by atoms with van der Waals surface area (Å²) in [4.78, 5) is 0. The fraction of sp³-hybridized carbons (Fsp3) is 1.00. The summed E-state index contributed by atoms with van der Waals surface area (Å²) in [5, 5.41) is 0. The Morgan fingerprint density at radius 2 is 1.93 bits per heavy atom. The maximum Gasteiger partial charge on any atom is 0.424 e. The maximum absolute atomic E-state index is 11.6. The van der Waals surface area contributed by atoms with Gasteiger partial charge in [0, 0.05) is 11.2 Å². The molecule has 0 rings (SSSR count). The lowest BCUT2D eigenvalue weighted by Gasteiger charge is -2.12. The van der Waals surface area contributed by atoms with Gasteiger partial charge in [0.25, 0.3) is 0 Å². The Bertz CT molecular complexity index is 209. The molecule has 0 fully saturated rings. The lowest BCUT2D eigenvalue weighted by atomic mass is 10.4. The summed E-state index contributed by atoms with van der Waals surface area (Å²) in [6.07, 6.45) is -3.24. The van der Waals surface area contributed by atoms with Gasteiger partial charge in [0.1, 0.15) is 0 Å². The Hall–Kier alpha value is 0.230. The molecule has 0 amide bonds. The van der Waals surface area contributed by atoms with Gasteiger partial charge in [0.05, 0.1) is 6.61 Å². The molecule has 0 bridgehead atoms. The van der Waals surface area contributed by atoms with Crippen molar-refractivity contribution in [3.05, 3.63) is 0 Å². The summed E-state index contributed by atoms with van der Waals surface area (Å²) < 4.78 is 54.2. The number of unbranched alkanes of at least 4 members (excludes halogenated alkanes) is 1. The second-order valence-electron chi connectivity index (χ2n) is 2.51. The van der Waals surface area contributed by atoms with Crippen LogP contribution in [0.2, 0.25) is 0 Å². The molecule has 0 aromatic carbocycles. The van der Waals surface area contributed by atoms with E-state index in [1.54, 1.807) is 0 Å². The van der Waals surface area contributed by atoms with E-state index in [0.29, 0.717) is 6.42 Å². The second kappa shape index (κ2) is 5.95. The summed E-state index contributed by atoms with van der Waals surface area (Å²) in [5.41, 5.74) is 0. The van der Waals surface area contributed by atoms with Gasteiger partial charge in [0.2, 0.25) is 0 Å². The summed E-state index contributed by atoms with van der Waals surface area (Å²) in [6, 6.07) is 0. The molecule has 0 heterocycles. The van der Waals surface area contributed by atoms with E-state index in [2.05, 4.69) is 9.05 Å². The normalized spacial score (nSPS) is 16.6. The lowest BCUT2D eigenvalue weighted by molar-refractivity contribution is -0.154. The molecule has 14 heavy (non-hydrogen) atoms. The van der Waals surface area contributed by atoms with Gasteiger partial charge in [-0.05, 0) is 6.42 Å². The zero-order chi connectivity index (χ0) is 11.2. The molecule has 1 unspecified atom stereocenters. The van der Waals surface area contributed by atoms with Crippen LogP contribution in [-0.4, -0.2) is 19.4 Å². The van der Waals surface area contributed by atoms with Crippen molar-refractivity contribution in [2.24, 2.45) is 0 Å². The van der Waals surface area contributed by atoms with E-state index in [-0.39, 0.29) is 6.61 Å². The molecule has 0 spiro atoms. The van der Waals surface area contributed by atoms with Crippen LogP contribution >= 0.6 is 18.2 Å². The molecular weight excluding hydrogens is 243 g/mol. The average molecular weight is 255 g/mol. The van der Waals surface area contributed by atoms with Gasteiger partial charge >= 0.3 is 13.1 Å². The second-order valence-corrected chi connectivity index (χ2v) is 5.13. The Labute approximate surface area is 84.8 Å². The third-order valence-corrected chi connectivity index (χ3v) is 2.64. The maximum atomic E-state index is 11.6. The summed E-state index contributed by atoms with van der Waals surface area (Å²) in [5.74, 6) is 0. The summed E-state index contributed by atoms with van der Waals surface area (Å²) in [7, 11) is 0. The van der Waals surface area contributed by atoms with Crippen LogP contribution < -0.4 is 0 Å². The molecular formula is C6H11ClF3O3P. The topological polar surface area (TPSA) is 35.5 Å². The Morgan fingerprint density at radius 3 is 2.36 bits per heavy atom. The summed E-state index contributed by atoms with van der Waals surface area (Å²) >= 11 is 5.09. The van der Waals surface area contributed by atoms with Gasteiger partial charge in [-0.15, -0.1) is 0 Å². The van der Waals surface area contributed by atoms with E-state index in [4.69, 9.17) is 11.2 Å². The molecule has 8 heteroatoms. The number of halogens is 4. The Balaban J connectivity index is 3.78. The Morgan fingerprint density at radius 1 is 1.36 bits per heavy atom. The quantitative estimate of drug-likeness (QED) is 0.535. The van der Waals surface area contributed by atoms with Crippen LogP contribution in [-0.2, 0) is 13.6 Å². The van der Waals surface area contributed by atoms with Crippen molar-refractivity contribution in [1.82, 2.24) is 0 Å². The highest BCUT2D eigenvalue weighted by atomic mass is 35.7. The van der Waals surface area contributed by atoms with Crippen LogP contribution in [0.3, 0.4) is 0 Å². The number of rotatable bonds is 6. The number of hydrogen-bond acceptors (Lipinski definition) is 3. The molecule has 1 atom stereocenters. The zero-order valence-corrected chi connectivity index (χ0v) is 9.16. The zero-order valence-electron chi connectivity index (χ0n) is 7.51. The smallest absolute Gasteiger partial charge is 0.297 e. The van der Waals surface area contributed by atoms with Gasteiger partial charge in [0.15, 0.2) is 6.61 Å². The minimum Gasteiger partial charge on any atom is -0.297 e. The van der Waals surface area contributed by atoms with Crippen molar-refractivity contribution in [2.45, 2.75) is 25.9 Å². The van der Waals surface area contributed by atoms with Crippen LogP contribution in [0.15, 0.2) is 0 Å². The lowest BCUT2D eigenvalue weighted by Crippen LogP contribution is -2.15. The minimum atomic E-state index is -4.56. The van der Waals surface area contributed by atoms with Crippen molar-refractivity contribution in [1.29, 1.82) is 0 Å². The van der Waals surface area contributed by atoms with Crippen LogP contribution in [0.25, 0.3) is 0 Å². The largest absolute Gasteiger partial charge is 0.424 e. The molecule has 3 nitrogen and oxygen atoms in total. The average Bonchev–Trinajstić information content (AvgIpc) is 2.00. The van der Waals surface area contributed by atoms with Crippen LogP contribution in [0.1, 0.15) is 19.8 Å². The van der Waals surface area contributed by atoms with Crippen molar-refractivity contribution >= 4 is 18.2 Å². The predicted octanol–water partition coefficient (Wildman–Crippen LogP) is 3.73. The minimum absolute atomic E-state index is 0.0230. The van der Waals surface area contributed by atoms with Crippen LogP contribution in [0.4, 0.5) is 13.2 Å². The van der Waals surface area contributed by atoms with E-state index in [9.17, 15) is 17.7 Å². The van der Waals surface area contributed by atoms with Crippen molar-refractivity contribution in [2.75, 3.05) is 13.2 Å². The molecule has 0 aromatic heterocycles. The Kier molecular flexibility index (Phi) is 6.05. The van der Waals surface area contributed by atoms with Crippen molar-refractivity contribution in [3.8, 4) is 0 Å². The van der Waals surface area contributed by atoms with Crippen LogP contribution in [0, 0.1) is 0 Å². The van der Waals surface area contributed by atoms with Crippen LogP contribution in [0.5, 0.6) is 0 Å². The first-order valence-electron chi connectivity index (χ1n) is 3.92. The standard InChI is InChI=1S/C6H11ClF3O3P/c1-2-3-4-12-14(7,11)13-5-6(8,9)10/h2-5H2,1H3. The highest BCUT2D eigenvalue weighted by Crippen LogP contribution is 2.54. The molecule has 0 aliphatic carbocycles. The predicted molar refractivity (Wildman–Crippen MR) is 46.3 cm³/mol. The van der Waals surface area contributed by atoms with Gasteiger partial charge in [-0.1, -0.05) is 13.3 Å². The highest BCUT2D eigenvalue weighted by Gasteiger charge is 2.33. The first-order valence-corrected chi connectivity index (χ1v) is 6.37. The van der Waals surface area contributed by atoms with Gasteiger partial charge < -0.3 is 0 Å². The van der Waals surface area contributed by atoms with E-state index in [1.165, 1.54) is 0 Å². The molecule has 0 saturated carbocycles. The van der Waals surface area contributed by atoms with E-state index in [1.807, 2.05) is 6.92 Å². The molecule has 0 aliphatic rings. The molecule has 0 aromatic rings.